The molecule has 4 nitrogen and oxygen atoms in total. The Kier molecular flexibility index (Phi) is 2.57. The number of ether oxygens (including phenoxy) is 1. The van der Waals surface area contributed by atoms with Crippen molar-refractivity contribution in [2.45, 2.75) is 0 Å². The monoisotopic (exact) mass is 230 g/mol. The summed E-state index contributed by atoms with van der Waals surface area (Å²) < 4.78 is 5.33. The number of hydrogen-bond donors (Lipinski definition) is 1. The Hall–Kier alpha value is -1.81. The molecule has 3 rings (SSSR count). The number of morpholine rings is 1. The molecule has 88 valence electrons. The van der Waals surface area contributed by atoms with Crippen molar-refractivity contribution in [3.63, 3.8) is 0 Å². The van der Waals surface area contributed by atoms with Gasteiger partial charge in [-0.2, -0.15) is 0 Å². The van der Waals surface area contributed by atoms with Gasteiger partial charge in [-0.05, 0) is 17.5 Å². The van der Waals surface area contributed by atoms with E-state index in [4.69, 9.17) is 4.74 Å². The molecule has 0 atom stereocenters. The second-order valence-corrected chi connectivity index (χ2v) is 4.11. The van der Waals surface area contributed by atoms with Gasteiger partial charge in [0, 0.05) is 19.3 Å². The fourth-order valence-electron chi connectivity index (χ4n) is 2.21. The van der Waals surface area contributed by atoms with Crippen LogP contribution in [0, 0.1) is 0 Å². The van der Waals surface area contributed by atoms with Crippen LogP contribution in [0.2, 0.25) is 0 Å². The van der Waals surface area contributed by atoms with E-state index in [2.05, 4.69) is 9.88 Å². The maximum atomic E-state index is 9.98. The number of phenolic OH excluding ortho intramolecular Hbond substituents is 1. The normalized spacial score (nSPS) is 16.4. The third-order valence-corrected chi connectivity index (χ3v) is 3.06. The molecule has 0 amide bonds. The molecule has 17 heavy (non-hydrogen) atoms. The van der Waals surface area contributed by atoms with Crippen LogP contribution in [-0.2, 0) is 4.74 Å². The summed E-state index contributed by atoms with van der Waals surface area (Å²) in [7, 11) is 0. The molecule has 1 saturated heterocycles. The van der Waals surface area contributed by atoms with Gasteiger partial charge >= 0.3 is 0 Å². The molecule has 4 heteroatoms. The zero-order chi connectivity index (χ0) is 11.7. The van der Waals surface area contributed by atoms with E-state index < -0.39 is 0 Å². The Bertz CT molecular complexity index is 531. The van der Waals surface area contributed by atoms with Gasteiger partial charge in [0.15, 0.2) is 0 Å². The van der Waals surface area contributed by atoms with Crippen LogP contribution >= 0.6 is 0 Å². The largest absolute Gasteiger partial charge is 0.507 e. The molecular formula is C13H14N2O2. The van der Waals surface area contributed by atoms with Gasteiger partial charge in [-0.15, -0.1) is 0 Å². The lowest BCUT2D eigenvalue weighted by molar-refractivity contribution is 0.122. The van der Waals surface area contributed by atoms with Crippen LogP contribution in [0.5, 0.6) is 5.75 Å². The molecule has 0 unspecified atom stereocenters. The van der Waals surface area contributed by atoms with Crippen LogP contribution in [0.3, 0.4) is 0 Å². The molecule has 0 radical (unpaired) electrons. The van der Waals surface area contributed by atoms with Crippen molar-refractivity contribution in [3.05, 3.63) is 30.5 Å². The minimum absolute atomic E-state index is 0.289. The molecule has 1 fully saturated rings. The predicted octanol–water partition coefficient (Wildman–Crippen LogP) is 1.78. The summed E-state index contributed by atoms with van der Waals surface area (Å²) in [6, 6.07) is 7.45. The molecule has 0 spiro atoms. The van der Waals surface area contributed by atoms with Gasteiger partial charge in [-0.25, -0.2) is 4.98 Å². The summed E-state index contributed by atoms with van der Waals surface area (Å²) in [5.74, 6) is 1.14. The Morgan fingerprint density at radius 2 is 2.00 bits per heavy atom. The molecule has 0 bridgehead atoms. The van der Waals surface area contributed by atoms with Crippen molar-refractivity contribution < 1.29 is 9.84 Å². The molecular weight excluding hydrogens is 216 g/mol. The minimum atomic E-state index is 0.289. The standard InChI is InChI=1S/C13H14N2O2/c16-11-3-1-2-10-4-5-14-13(12(10)11)15-6-8-17-9-7-15/h1-5,16H,6-9H2. The number of phenols is 1. The van der Waals surface area contributed by atoms with Crippen LogP contribution in [0.15, 0.2) is 30.5 Å². The third-order valence-electron chi connectivity index (χ3n) is 3.06. The van der Waals surface area contributed by atoms with Crippen LogP contribution in [0.1, 0.15) is 0 Å². The number of fused-ring (bicyclic) bond motifs is 1. The molecule has 1 aromatic carbocycles. The highest BCUT2D eigenvalue weighted by atomic mass is 16.5. The lowest BCUT2D eigenvalue weighted by Crippen LogP contribution is -2.36. The smallest absolute Gasteiger partial charge is 0.140 e. The average Bonchev–Trinajstić information content (AvgIpc) is 2.39. The number of anilines is 1. The lowest BCUT2D eigenvalue weighted by atomic mass is 10.1. The van der Waals surface area contributed by atoms with Crippen LogP contribution < -0.4 is 4.90 Å². The fourth-order valence-corrected chi connectivity index (χ4v) is 2.21. The first-order valence-corrected chi connectivity index (χ1v) is 5.75. The summed E-state index contributed by atoms with van der Waals surface area (Å²) >= 11 is 0. The number of aromatic nitrogens is 1. The van der Waals surface area contributed by atoms with Gasteiger partial charge in [0.25, 0.3) is 0 Å². The summed E-state index contributed by atoms with van der Waals surface area (Å²) in [6.07, 6.45) is 1.78. The van der Waals surface area contributed by atoms with Gasteiger partial charge in [-0.1, -0.05) is 12.1 Å². The highest BCUT2D eigenvalue weighted by Crippen LogP contribution is 2.32. The summed E-state index contributed by atoms with van der Waals surface area (Å²) in [4.78, 5) is 6.56. The SMILES string of the molecule is Oc1cccc2ccnc(N3CCOCC3)c12. The number of benzene rings is 1. The zero-order valence-electron chi connectivity index (χ0n) is 9.47. The molecule has 2 heterocycles. The molecule has 0 saturated carbocycles. The molecule has 1 aliphatic rings. The van der Waals surface area contributed by atoms with Gasteiger partial charge < -0.3 is 14.7 Å². The zero-order valence-corrected chi connectivity index (χ0v) is 9.47. The second kappa shape index (κ2) is 4.22. The Balaban J connectivity index is 2.14. The summed E-state index contributed by atoms with van der Waals surface area (Å²) in [5.41, 5.74) is 0. The van der Waals surface area contributed by atoms with Crippen LogP contribution in [-0.4, -0.2) is 36.4 Å². The highest BCUT2D eigenvalue weighted by Gasteiger charge is 2.16. The molecule has 1 aliphatic heterocycles. The first-order chi connectivity index (χ1) is 8.36. The lowest BCUT2D eigenvalue weighted by Gasteiger charge is -2.28. The first-order valence-electron chi connectivity index (χ1n) is 5.75. The van der Waals surface area contributed by atoms with E-state index in [1.54, 1.807) is 12.3 Å². The van der Waals surface area contributed by atoms with Gasteiger partial charge in [-0.3, -0.25) is 0 Å². The highest BCUT2D eigenvalue weighted by molar-refractivity contribution is 5.97. The molecule has 0 aliphatic carbocycles. The van der Waals surface area contributed by atoms with Crippen molar-refractivity contribution in [2.75, 3.05) is 31.2 Å². The number of hydrogen-bond acceptors (Lipinski definition) is 4. The average molecular weight is 230 g/mol. The molecule has 2 aromatic rings. The van der Waals surface area contributed by atoms with Gasteiger partial charge in [0.1, 0.15) is 11.6 Å². The van der Waals surface area contributed by atoms with E-state index >= 15 is 0 Å². The molecule has 1 aromatic heterocycles. The Morgan fingerprint density at radius 3 is 2.82 bits per heavy atom. The van der Waals surface area contributed by atoms with Crippen LogP contribution in [0.4, 0.5) is 5.82 Å². The number of rotatable bonds is 1. The minimum Gasteiger partial charge on any atom is -0.507 e. The van der Waals surface area contributed by atoms with E-state index in [9.17, 15) is 5.11 Å². The third kappa shape index (κ3) is 1.80. The fraction of sp³-hybridized carbons (Fsp3) is 0.308. The van der Waals surface area contributed by atoms with E-state index in [-0.39, 0.29) is 5.75 Å². The first kappa shape index (κ1) is 10.4. The second-order valence-electron chi connectivity index (χ2n) is 4.11. The van der Waals surface area contributed by atoms with Crippen molar-refractivity contribution in [1.82, 2.24) is 4.98 Å². The summed E-state index contributed by atoms with van der Waals surface area (Å²) in [5, 5.41) is 11.8. The van der Waals surface area contributed by atoms with Crippen molar-refractivity contribution in [3.8, 4) is 5.75 Å². The van der Waals surface area contributed by atoms with E-state index in [0.717, 1.165) is 29.7 Å². The van der Waals surface area contributed by atoms with Gasteiger partial charge in [0.05, 0.1) is 18.6 Å². The maximum Gasteiger partial charge on any atom is 0.140 e. The number of nitrogens with zero attached hydrogens (tertiary/aromatic N) is 2. The maximum absolute atomic E-state index is 9.98. The molecule has 1 N–H and O–H groups in total. The van der Waals surface area contributed by atoms with E-state index in [1.165, 1.54) is 0 Å². The Labute approximate surface area is 99.5 Å². The number of aromatic hydroxyl groups is 1. The Morgan fingerprint density at radius 1 is 1.18 bits per heavy atom. The van der Waals surface area contributed by atoms with Crippen LogP contribution in [0.25, 0.3) is 10.8 Å². The van der Waals surface area contributed by atoms with Crippen molar-refractivity contribution in [1.29, 1.82) is 0 Å². The van der Waals surface area contributed by atoms with E-state index in [0.29, 0.717) is 13.2 Å². The predicted molar refractivity (Wildman–Crippen MR) is 66.4 cm³/mol. The van der Waals surface area contributed by atoms with Crippen molar-refractivity contribution >= 4 is 16.6 Å². The quantitative estimate of drug-likeness (QED) is 0.811. The van der Waals surface area contributed by atoms with E-state index in [1.807, 2.05) is 18.2 Å². The van der Waals surface area contributed by atoms with Gasteiger partial charge in [0.2, 0.25) is 0 Å². The van der Waals surface area contributed by atoms with Crippen molar-refractivity contribution in [2.24, 2.45) is 0 Å². The number of pyridine rings is 1. The summed E-state index contributed by atoms with van der Waals surface area (Å²) in [6.45, 7) is 3.07. The topological polar surface area (TPSA) is 45.6 Å².